The minimum Gasteiger partial charge on any atom is -0.330 e. The maximum Gasteiger partial charge on any atom is 0.0486 e. The maximum atomic E-state index is 5.89. The molecule has 2 N–H and O–H groups in total. The molecule has 1 heterocycles. The van der Waals surface area contributed by atoms with Gasteiger partial charge >= 0.3 is 0 Å². The summed E-state index contributed by atoms with van der Waals surface area (Å²) in [5, 5.41) is 0. The lowest BCUT2D eigenvalue weighted by Crippen LogP contribution is -2.26. The molecule has 1 aliphatic carbocycles. The lowest BCUT2D eigenvalue weighted by atomic mass is 9.92. The molecule has 1 aromatic heterocycles. The van der Waals surface area contributed by atoms with Gasteiger partial charge in [-0.25, -0.2) is 0 Å². The predicted molar refractivity (Wildman–Crippen MR) is 58.1 cm³/mol. The summed E-state index contributed by atoms with van der Waals surface area (Å²) in [6.07, 6.45) is 1.16. The summed E-state index contributed by atoms with van der Waals surface area (Å²) in [5.74, 6) is 0. The zero-order chi connectivity index (χ0) is 10.4. The van der Waals surface area contributed by atoms with Gasteiger partial charge in [-0.1, -0.05) is 19.9 Å². The molecule has 2 heteroatoms. The van der Waals surface area contributed by atoms with Crippen molar-refractivity contribution in [2.75, 3.05) is 6.54 Å². The molecule has 2 nitrogen and oxygen atoms in total. The zero-order valence-corrected chi connectivity index (χ0v) is 9.17. The molecule has 76 valence electrons. The molecule has 0 aliphatic heterocycles. The second kappa shape index (κ2) is 2.80. The molecule has 2 rings (SSSR count). The monoisotopic (exact) mass is 190 g/mol. The predicted octanol–water partition coefficient (Wildman–Crippen LogP) is 2.02. The first kappa shape index (κ1) is 9.66. The summed E-state index contributed by atoms with van der Waals surface area (Å²) in [6.45, 7) is 7.27. The van der Waals surface area contributed by atoms with Crippen molar-refractivity contribution < 1.29 is 0 Å². The summed E-state index contributed by atoms with van der Waals surface area (Å²) < 4.78 is 0. The van der Waals surface area contributed by atoms with Gasteiger partial charge in [-0.3, -0.25) is 4.98 Å². The molecule has 0 bridgehead atoms. The van der Waals surface area contributed by atoms with Crippen molar-refractivity contribution in [1.29, 1.82) is 0 Å². The molecule has 0 spiro atoms. The van der Waals surface area contributed by atoms with Gasteiger partial charge in [0, 0.05) is 23.3 Å². The number of aryl methyl sites for hydroxylation is 1. The highest BCUT2D eigenvalue weighted by molar-refractivity contribution is 5.33. The van der Waals surface area contributed by atoms with E-state index in [1.165, 1.54) is 5.69 Å². The number of aromatic nitrogens is 1. The SMILES string of the molecule is Cc1cccc(C2(CN)CC2(C)C)n1. The van der Waals surface area contributed by atoms with E-state index in [0.717, 1.165) is 12.1 Å². The lowest BCUT2D eigenvalue weighted by molar-refractivity contribution is 0.492. The van der Waals surface area contributed by atoms with Crippen LogP contribution in [0.1, 0.15) is 31.7 Å². The van der Waals surface area contributed by atoms with Crippen LogP contribution in [0.15, 0.2) is 18.2 Å². The van der Waals surface area contributed by atoms with Crippen LogP contribution < -0.4 is 5.73 Å². The Hall–Kier alpha value is -0.890. The van der Waals surface area contributed by atoms with Crippen molar-refractivity contribution in [3.8, 4) is 0 Å². The van der Waals surface area contributed by atoms with Gasteiger partial charge in [0.25, 0.3) is 0 Å². The van der Waals surface area contributed by atoms with E-state index in [0.29, 0.717) is 12.0 Å². The van der Waals surface area contributed by atoms with Crippen molar-refractivity contribution in [2.45, 2.75) is 32.6 Å². The second-order valence-corrected chi connectivity index (χ2v) is 5.01. The third-order valence-corrected chi connectivity index (χ3v) is 3.64. The fourth-order valence-electron chi connectivity index (χ4n) is 2.41. The smallest absolute Gasteiger partial charge is 0.0486 e. The first-order chi connectivity index (χ1) is 6.52. The molecule has 1 unspecified atom stereocenters. The normalized spacial score (nSPS) is 28.9. The Kier molecular flexibility index (Phi) is 1.93. The van der Waals surface area contributed by atoms with Gasteiger partial charge < -0.3 is 5.73 Å². The van der Waals surface area contributed by atoms with Crippen LogP contribution in [0.4, 0.5) is 0 Å². The highest BCUT2D eigenvalue weighted by atomic mass is 14.8. The molecular formula is C12H18N2. The molecule has 1 saturated carbocycles. The summed E-state index contributed by atoms with van der Waals surface area (Å²) in [4.78, 5) is 4.59. The number of rotatable bonds is 2. The van der Waals surface area contributed by atoms with E-state index in [-0.39, 0.29) is 5.41 Å². The zero-order valence-electron chi connectivity index (χ0n) is 9.17. The number of pyridine rings is 1. The minimum absolute atomic E-state index is 0.138. The number of nitrogens with two attached hydrogens (primary N) is 1. The number of nitrogens with zero attached hydrogens (tertiary/aromatic N) is 1. The van der Waals surface area contributed by atoms with Gasteiger partial charge in [0.2, 0.25) is 0 Å². The van der Waals surface area contributed by atoms with Crippen LogP contribution in [-0.2, 0) is 5.41 Å². The molecule has 1 atom stereocenters. The summed E-state index contributed by atoms with van der Waals surface area (Å²) in [5.41, 5.74) is 8.60. The van der Waals surface area contributed by atoms with Crippen molar-refractivity contribution in [1.82, 2.24) is 4.98 Å². The van der Waals surface area contributed by atoms with Crippen molar-refractivity contribution in [3.63, 3.8) is 0 Å². The molecule has 0 radical (unpaired) electrons. The van der Waals surface area contributed by atoms with Crippen LogP contribution >= 0.6 is 0 Å². The molecule has 0 aromatic carbocycles. The van der Waals surface area contributed by atoms with Crippen LogP contribution in [0.2, 0.25) is 0 Å². The highest BCUT2D eigenvalue weighted by Crippen LogP contribution is 2.63. The van der Waals surface area contributed by atoms with E-state index in [9.17, 15) is 0 Å². The Morgan fingerprint density at radius 1 is 1.43 bits per heavy atom. The van der Waals surface area contributed by atoms with Gasteiger partial charge in [0.1, 0.15) is 0 Å². The van der Waals surface area contributed by atoms with Gasteiger partial charge in [-0.2, -0.15) is 0 Å². The van der Waals surface area contributed by atoms with Crippen molar-refractivity contribution in [2.24, 2.45) is 11.1 Å². The van der Waals surface area contributed by atoms with E-state index < -0.39 is 0 Å². The third-order valence-electron chi connectivity index (χ3n) is 3.64. The molecule has 1 aromatic rings. The Morgan fingerprint density at radius 2 is 2.07 bits per heavy atom. The fourth-order valence-corrected chi connectivity index (χ4v) is 2.41. The van der Waals surface area contributed by atoms with Gasteiger partial charge in [0.05, 0.1) is 0 Å². The van der Waals surface area contributed by atoms with E-state index >= 15 is 0 Å². The molecule has 1 aliphatic rings. The topological polar surface area (TPSA) is 38.9 Å². The Bertz CT molecular complexity index is 357. The number of hydrogen-bond acceptors (Lipinski definition) is 2. The van der Waals surface area contributed by atoms with E-state index in [1.54, 1.807) is 0 Å². The first-order valence-electron chi connectivity index (χ1n) is 5.16. The van der Waals surface area contributed by atoms with Crippen LogP contribution in [-0.4, -0.2) is 11.5 Å². The van der Waals surface area contributed by atoms with Gasteiger partial charge in [-0.15, -0.1) is 0 Å². The molecule has 0 amide bonds. The fraction of sp³-hybridized carbons (Fsp3) is 0.583. The van der Waals surface area contributed by atoms with Crippen LogP contribution in [0.5, 0.6) is 0 Å². The van der Waals surface area contributed by atoms with Crippen molar-refractivity contribution in [3.05, 3.63) is 29.6 Å². The van der Waals surface area contributed by atoms with E-state index in [4.69, 9.17) is 5.73 Å². The molecule has 1 fully saturated rings. The minimum atomic E-state index is 0.138. The average Bonchev–Trinajstić information content (AvgIpc) is 2.70. The van der Waals surface area contributed by atoms with E-state index in [2.05, 4.69) is 31.0 Å². The Balaban J connectivity index is 2.40. The van der Waals surface area contributed by atoms with Crippen LogP contribution in [0.25, 0.3) is 0 Å². The van der Waals surface area contributed by atoms with Crippen molar-refractivity contribution >= 4 is 0 Å². The highest BCUT2D eigenvalue weighted by Gasteiger charge is 2.61. The summed E-state index contributed by atoms with van der Waals surface area (Å²) in [6, 6.07) is 6.21. The Morgan fingerprint density at radius 3 is 2.50 bits per heavy atom. The van der Waals surface area contributed by atoms with Gasteiger partial charge in [0.15, 0.2) is 0 Å². The molecular weight excluding hydrogens is 172 g/mol. The van der Waals surface area contributed by atoms with Gasteiger partial charge in [-0.05, 0) is 30.9 Å². The summed E-state index contributed by atoms with van der Waals surface area (Å²) >= 11 is 0. The second-order valence-electron chi connectivity index (χ2n) is 5.01. The Labute approximate surface area is 85.5 Å². The maximum absolute atomic E-state index is 5.89. The summed E-state index contributed by atoms with van der Waals surface area (Å²) in [7, 11) is 0. The molecule has 14 heavy (non-hydrogen) atoms. The van der Waals surface area contributed by atoms with E-state index in [1.807, 2.05) is 13.0 Å². The lowest BCUT2D eigenvalue weighted by Gasteiger charge is -2.18. The third kappa shape index (κ3) is 1.17. The van der Waals surface area contributed by atoms with Crippen LogP contribution in [0, 0.1) is 12.3 Å². The van der Waals surface area contributed by atoms with Crippen LogP contribution in [0.3, 0.4) is 0 Å². The molecule has 0 saturated heterocycles. The largest absolute Gasteiger partial charge is 0.330 e. The first-order valence-corrected chi connectivity index (χ1v) is 5.16. The quantitative estimate of drug-likeness (QED) is 0.775. The average molecular weight is 190 g/mol. The number of hydrogen-bond donors (Lipinski definition) is 1. The standard InChI is InChI=1S/C12H18N2/c1-9-5-4-6-10(14-9)12(8-13)7-11(12,2)3/h4-6H,7-8,13H2,1-3H3.